The summed E-state index contributed by atoms with van der Waals surface area (Å²) in [5.41, 5.74) is 0.423. The Morgan fingerprint density at radius 1 is 1.11 bits per heavy atom. The number of anilines is 1. The Labute approximate surface area is 161 Å². The second-order valence-electron chi connectivity index (χ2n) is 6.96. The van der Waals surface area contributed by atoms with Gasteiger partial charge in [0.25, 0.3) is 0 Å². The second kappa shape index (κ2) is 8.81. The fourth-order valence-electron chi connectivity index (χ4n) is 3.43. The Hall–Kier alpha value is -2.97. The number of benzene rings is 1. The number of halogens is 1. The van der Waals surface area contributed by atoms with Gasteiger partial charge in [-0.3, -0.25) is 24.6 Å². The zero-order chi connectivity index (χ0) is 20.1. The summed E-state index contributed by atoms with van der Waals surface area (Å²) in [7, 11) is 0. The summed E-state index contributed by atoms with van der Waals surface area (Å²) in [4.78, 5) is 48.3. The summed E-state index contributed by atoms with van der Waals surface area (Å²) in [6.07, 6.45) is 1.90. The first-order valence-electron chi connectivity index (χ1n) is 9.26. The first-order chi connectivity index (χ1) is 13.4. The van der Waals surface area contributed by atoms with Crippen LogP contribution in [0.25, 0.3) is 0 Å². The maximum atomic E-state index is 12.9. The van der Waals surface area contributed by atoms with Crippen molar-refractivity contribution in [2.24, 2.45) is 0 Å². The third-order valence-corrected chi connectivity index (χ3v) is 4.81. The molecule has 8 nitrogen and oxygen atoms in total. The molecule has 0 aromatic heterocycles. The van der Waals surface area contributed by atoms with E-state index in [1.54, 1.807) is 0 Å². The number of carbonyl (C=O) groups excluding carboxylic acids is 4. The first-order valence-corrected chi connectivity index (χ1v) is 9.26. The van der Waals surface area contributed by atoms with Gasteiger partial charge in [0.2, 0.25) is 17.7 Å². The van der Waals surface area contributed by atoms with Gasteiger partial charge >= 0.3 is 6.09 Å². The minimum atomic E-state index is -0.642. The number of ether oxygens (including phenoxy) is 1. The van der Waals surface area contributed by atoms with Crippen molar-refractivity contribution in [1.29, 1.82) is 0 Å². The lowest BCUT2D eigenvalue weighted by Crippen LogP contribution is -2.46. The van der Waals surface area contributed by atoms with Crippen LogP contribution >= 0.6 is 0 Å². The average molecular weight is 391 g/mol. The van der Waals surface area contributed by atoms with Crippen LogP contribution in [0.5, 0.6) is 0 Å². The topological polar surface area (TPSA) is 105 Å². The van der Waals surface area contributed by atoms with Crippen LogP contribution in [0.15, 0.2) is 24.3 Å². The highest BCUT2D eigenvalue weighted by atomic mass is 19.1. The van der Waals surface area contributed by atoms with Crippen molar-refractivity contribution in [1.82, 2.24) is 10.2 Å². The molecule has 1 aliphatic heterocycles. The normalized spacial score (nSPS) is 22.1. The predicted molar refractivity (Wildman–Crippen MR) is 96.6 cm³/mol. The Morgan fingerprint density at radius 3 is 2.46 bits per heavy atom. The van der Waals surface area contributed by atoms with Crippen molar-refractivity contribution in [3.05, 3.63) is 30.1 Å². The zero-order valence-corrected chi connectivity index (χ0v) is 15.3. The summed E-state index contributed by atoms with van der Waals surface area (Å²) >= 11 is 0. The van der Waals surface area contributed by atoms with E-state index >= 15 is 0 Å². The van der Waals surface area contributed by atoms with E-state index in [9.17, 15) is 23.6 Å². The van der Waals surface area contributed by atoms with Gasteiger partial charge in [-0.2, -0.15) is 0 Å². The third kappa shape index (κ3) is 5.28. The zero-order valence-electron chi connectivity index (χ0n) is 15.3. The van der Waals surface area contributed by atoms with Crippen molar-refractivity contribution in [2.45, 2.75) is 50.7 Å². The molecule has 4 amide bonds. The lowest BCUT2D eigenvalue weighted by atomic mass is 9.93. The lowest BCUT2D eigenvalue weighted by molar-refractivity contribution is -0.142. The molecule has 0 unspecified atom stereocenters. The molecule has 1 aliphatic carbocycles. The van der Waals surface area contributed by atoms with Crippen LogP contribution < -0.4 is 10.6 Å². The molecule has 1 saturated carbocycles. The Morgan fingerprint density at radius 2 is 1.79 bits per heavy atom. The van der Waals surface area contributed by atoms with Crippen LogP contribution in [-0.4, -0.2) is 47.4 Å². The molecular formula is C19H22FN3O5. The fourth-order valence-corrected chi connectivity index (χ4v) is 3.43. The molecule has 0 radical (unpaired) electrons. The van der Waals surface area contributed by atoms with Gasteiger partial charge in [-0.1, -0.05) is 0 Å². The number of imide groups is 1. The fraction of sp³-hybridized carbons (Fsp3) is 0.474. The minimum Gasteiger partial charge on any atom is -0.446 e. The number of hydrogen-bond acceptors (Lipinski definition) is 5. The quantitative estimate of drug-likeness (QED) is 0.747. The highest BCUT2D eigenvalue weighted by molar-refractivity contribution is 6.04. The van der Waals surface area contributed by atoms with Crippen LogP contribution in [0.1, 0.15) is 38.5 Å². The maximum absolute atomic E-state index is 12.9. The minimum absolute atomic E-state index is 0.147. The van der Waals surface area contributed by atoms with Crippen LogP contribution in [-0.2, 0) is 19.1 Å². The van der Waals surface area contributed by atoms with E-state index in [1.807, 2.05) is 0 Å². The molecule has 0 spiro atoms. The first kappa shape index (κ1) is 19.8. The van der Waals surface area contributed by atoms with Crippen LogP contribution in [0.3, 0.4) is 0 Å². The SMILES string of the molecule is O=C(CN1C(=O)CCC1=O)N[C@@H]1CCC[C@H](OC(=O)Nc2ccc(F)cc2)C1. The van der Waals surface area contributed by atoms with Crippen LogP contribution in [0, 0.1) is 5.82 Å². The highest BCUT2D eigenvalue weighted by Gasteiger charge is 2.32. The van der Waals surface area contributed by atoms with E-state index in [-0.39, 0.29) is 43.3 Å². The second-order valence-corrected chi connectivity index (χ2v) is 6.96. The standard InChI is InChI=1S/C19H22FN3O5/c20-12-4-6-13(7-5-12)22-19(27)28-15-3-1-2-14(10-15)21-16(24)11-23-17(25)8-9-18(23)26/h4-7,14-15H,1-3,8-11H2,(H,21,24)(H,22,27)/t14-,15+/m1/s1. The summed E-state index contributed by atoms with van der Waals surface area (Å²) in [6, 6.07) is 5.13. The Kier molecular flexibility index (Phi) is 6.23. The maximum Gasteiger partial charge on any atom is 0.411 e. The molecule has 150 valence electrons. The number of rotatable bonds is 5. The third-order valence-electron chi connectivity index (χ3n) is 4.81. The number of likely N-dealkylation sites (tertiary alicyclic amines) is 1. The predicted octanol–water partition coefficient (Wildman–Crippen LogP) is 1.95. The molecular weight excluding hydrogens is 369 g/mol. The molecule has 2 fully saturated rings. The molecule has 0 bridgehead atoms. The van der Waals surface area contributed by atoms with Crippen LogP contribution in [0.4, 0.5) is 14.9 Å². The summed E-state index contributed by atoms with van der Waals surface area (Å²) in [5.74, 6) is -1.46. The van der Waals surface area contributed by atoms with E-state index in [4.69, 9.17) is 4.74 Å². The summed E-state index contributed by atoms with van der Waals surface area (Å²) in [5, 5.41) is 5.34. The van der Waals surface area contributed by atoms with Gasteiger partial charge in [-0.15, -0.1) is 0 Å². The molecule has 2 aliphatic rings. The van der Waals surface area contributed by atoms with Gasteiger partial charge in [0.05, 0.1) is 0 Å². The molecule has 1 aromatic rings. The Balaban J connectivity index is 1.45. The average Bonchev–Trinajstić information content (AvgIpc) is 2.96. The van der Waals surface area contributed by atoms with Gasteiger partial charge in [-0.25, -0.2) is 9.18 Å². The molecule has 1 saturated heterocycles. The van der Waals surface area contributed by atoms with Gasteiger partial charge in [0.15, 0.2) is 0 Å². The van der Waals surface area contributed by atoms with Gasteiger partial charge < -0.3 is 10.1 Å². The van der Waals surface area contributed by atoms with Crippen LogP contribution in [0.2, 0.25) is 0 Å². The Bertz CT molecular complexity index is 751. The van der Waals surface area contributed by atoms with E-state index in [0.29, 0.717) is 18.5 Å². The lowest BCUT2D eigenvalue weighted by Gasteiger charge is -2.29. The van der Waals surface area contributed by atoms with Gasteiger partial charge in [0, 0.05) is 31.0 Å². The number of carbonyl (C=O) groups is 4. The van der Waals surface area contributed by atoms with E-state index in [2.05, 4.69) is 10.6 Å². The number of hydrogen-bond donors (Lipinski definition) is 2. The largest absolute Gasteiger partial charge is 0.446 e. The van der Waals surface area contributed by atoms with E-state index in [0.717, 1.165) is 17.7 Å². The monoisotopic (exact) mass is 391 g/mol. The van der Waals surface area contributed by atoms with Crippen molar-refractivity contribution in [3.63, 3.8) is 0 Å². The van der Waals surface area contributed by atoms with Gasteiger partial charge in [0.1, 0.15) is 18.5 Å². The number of nitrogens with zero attached hydrogens (tertiary/aromatic N) is 1. The summed E-state index contributed by atoms with van der Waals surface area (Å²) < 4.78 is 18.3. The molecule has 9 heteroatoms. The van der Waals surface area contributed by atoms with E-state index in [1.165, 1.54) is 24.3 Å². The van der Waals surface area contributed by atoms with Crippen molar-refractivity contribution >= 4 is 29.5 Å². The molecule has 3 rings (SSSR count). The van der Waals surface area contributed by atoms with Gasteiger partial charge in [-0.05, 0) is 43.5 Å². The van der Waals surface area contributed by atoms with Crippen molar-refractivity contribution in [2.75, 3.05) is 11.9 Å². The number of amides is 4. The smallest absolute Gasteiger partial charge is 0.411 e. The molecule has 2 N–H and O–H groups in total. The molecule has 1 heterocycles. The number of nitrogens with one attached hydrogen (secondary N) is 2. The summed E-state index contributed by atoms with van der Waals surface area (Å²) in [6.45, 7) is -0.273. The van der Waals surface area contributed by atoms with Crippen molar-refractivity contribution in [3.8, 4) is 0 Å². The van der Waals surface area contributed by atoms with Crippen molar-refractivity contribution < 1.29 is 28.3 Å². The molecule has 2 atom stereocenters. The van der Waals surface area contributed by atoms with E-state index < -0.39 is 17.8 Å². The highest BCUT2D eigenvalue weighted by Crippen LogP contribution is 2.22. The molecule has 28 heavy (non-hydrogen) atoms. The molecule has 1 aromatic carbocycles.